The van der Waals surface area contributed by atoms with Crippen LogP contribution in [0.5, 0.6) is 0 Å². The van der Waals surface area contributed by atoms with Gasteiger partial charge in [-0.3, -0.25) is 9.89 Å². The van der Waals surface area contributed by atoms with Gasteiger partial charge in [0.05, 0.1) is 11.3 Å². The monoisotopic (exact) mass is 207 g/mol. The number of rotatable bonds is 2. The first kappa shape index (κ1) is 10.2. The van der Waals surface area contributed by atoms with Gasteiger partial charge in [-0.15, -0.1) is 0 Å². The number of hydrogen-bond donors (Lipinski definition) is 2. The molecule has 1 aromatic heterocycles. The lowest BCUT2D eigenvalue weighted by Crippen LogP contribution is -2.33. The summed E-state index contributed by atoms with van der Waals surface area (Å²) in [6.45, 7) is 3.73. The first-order valence-corrected chi connectivity index (χ1v) is 5.51. The quantitative estimate of drug-likeness (QED) is 0.775. The maximum atomic E-state index is 11.9. The summed E-state index contributed by atoms with van der Waals surface area (Å²) in [6, 6.07) is 0.367. The summed E-state index contributed by atoms with van der Waals surface area (Å²) in [5, 5.41) is 9.92. The zero-order valence-corrected chi connectivity index (χ0v) is 9.26. The summed E-state index contributed by atoms with van der Waals surface area (Å²) < 4.78 is 0. The van der Waals surface area contributed by atoms with E-state index in [9.17, 15) is 4.79 Å². The van der Waals surface area contributed by atoms with Crippen molar-refractivity contribution in [2.75, 3.05) is 0 Å². The zero-order chi connectivity index (χ0) is 10.8. The van der Waals surface area contributed by atoms with Gasteiger partial charge in [0.2, 0.25) is 0 Å². The Labute approximate surface area is 89.5 Å². The van der Waals surface area contributed by atoms with E-state index in [1.807, 2.05) is 13.8 Å². The van der Waals surface area contributed by atoms with Crippen LogP contribution in [0.1, 0.15) is 47.4 Å². The Morgan fingerprint density at radius 2 is 2.07 bits per heavy atom. The molecule has 1 amide bonds. The number of nitrogens with zero attached hydrogens (tertiary/aromatic N) is 1. The van der Waals surface area contributed by atoms with Gasteiger partial charge in [-0.2, -0.15) is 5.10 Å². The van der Waals surface area contributed by atoms with E-state index < -0.39 is 0 Å². The average molecular weight is 207 g/mol. The van der Waals surface area contributed by atoms with Crippen LogP contribution >= 0.6 is 0 Å². The molecule has 0 saturated heterocycles. The predicted octanol–water partition coefficient (Wildman–Crippen LogP) is 1.70. The van der Waals surface area contributed by atoms with Crippen molar-refractivity contribution in [2.24, 2.45) is 0 Å². The van der Waals surface area contributed by atoms with Crippen LogP contribution in [0.25, 0.3) is 0 Å². The third-order valence-electron chi connectivity index (χ3n) is 3.05. The average Bonchev–Trinajstić information content (AvgIpc) is 2.77. The fourth-order valence-corrected chi connectivity index (χ4v) is 2.21. The standard InChI is InChI=1S/C11H17N3O/c1-7-10(8(2)14-13-7)11(15)12-9-5-3-4-6-9/h9H,3-6H2,1-2H3,(H,12,15)(H,13,14). The minimum absolute atomic E-state index is 0.0191. The van der Waals surface area contributed by atoms with E-state index in [1.165, 1.54) is 12.8 Å². The molecule has 0 atom stereocenters. The van der Waals surface area contributed by atoms with Gasteiger partial charge in [-0.25, -0.2) is 0 Å². The van der Waals surface area contributed by atoms with Gasteiger partial charge in [0.1, 0.15) is 0 Å². The number of aromatic amines is 1. The van der Waals surface area contributed by atoms with Crippen LogP contribution in [0.2, 0.25) is 0 Å². The van der Waals surface area contributed by atoms with E-state index in [4.69, 9.17) is 0 Å². The third-order valence-corrected chi connectivity index (χ3v) is 3.05. The molecule has 2 N–H and O–H groups in total. The highest BCUT2D eigenvalue weighted by molar-refractivity contribution is 5.96. The fraction of sp³-hybridized carbons (Fsp3) is 0.636. The van der Waals surface area contributed by atoms with E-state index in [-0.39, 0.29) is 5.91 Å². The van der Waals surface area contributed by atoms with Gasteiger partial charge in [-0.05, 0) is 26.7 Å². The van der Waals surface area contributed by atoms with Crippen molar-refractivity contribution in [1.82, 2.24) is 15.5 Å². The summed E-state index contributed by atoms with van der Waals surface area (Å²) in [5.74, 6) is 0.0191. The van der Waals surface area contributed by atoms with Crippen LogP contribution in [0.15, 0.2) is 0 Å². The van der Waals surface area contributed by atoms with Crippen molar-refractivity contribution in [1.29, 1.82) is 0 Å². The molecule has 15 heavy (non-hydrogen) atoms. The Morgan fingerprint density at radius 3 is 2.60 bits per heavy atom. The Morgan fingerprint density at radius 1 is 1.40 bits per heavy atom. The van der Waals surface area contributed by atoms with Gasteiger partial charge in [0.25, 0.3) is 5.91 Å². The van der Waals surface area contributed by atoms with Gasteiger partial charge in [-0.1, -0.05) is 12.8 Å². The molecule has 0 radical (unpaired) electrons. The first-order chi connectivity index (χ1) is 7.18. The number of H-pyrrole nitrogens is 1. The molecule has 1 aliphatic carbocycles. The van der Waals surface area contributed by atoms with Crippen molar-refractivity contribution in [3.05, 3.63) is 17.0 Å². The van der Waals surface area contributed by atoms with Crippen molar-refractivity contribution < 1.29 is 4.79 Å². The minimum Gasteiger partial charge on any atom is -0.349 e. The summed E-state index contributed by atoms with van der Waals surface area (Å²) in [4.78, 5) is 11.9. The number of amides is 1. The van der Waals surface area contributed by atoms with Gasteiger partial charge >= 0.3 is 0 Å². The van der Waals surface area contributed by atoms with E-state index in [0.29, 0.717) is 11.6 Å². The molecule has 1 aromatic rings. The largest absolute Gasteiger partial charge is 0.349 e. The van der Waals surface area contributed by atoms with Gasteiger partial charge in [0.15, 0.2) is 0 Å². The number of aromatic nitrogens is 2. The topological polar surface area (TPSA) is 57.8 Å². The minimum atomic E-state index is 0.0191. The summed E-state index contributed by atoms with van der Waals surface area (Å²) in [7, 11) is 0. The second-order valence-electron chi connectivity index (χ2n) is 4.26. The van der Waals surface area contributed by atoms with Crippen molar-refractivity contribution >= 4 is 5.91 Å². The molecule has 0 aliphatic heterocycles. The third kappa shape index (κ3) is 2.03. The van der Waals surface area contributed by atoms with Crippen molar-refractivity contribution in [2.45, 2.75) is 45.6 Å². The van der Waals surface area contributed by atoms with Crippen LogP contribution in [0.3, 0.4) is 0 Å². The van der Waals surface area contributed by atoms with E-state index in [1.54, 1.807) is 0 Å². The first-order valence-electron chi connectivity index (χ1n) is 5.51. The highest BCUT2D eigenvalue weighted by atomic mass is 16.1. The van der Waals surface area contributed by atoms with Crippen LogP contribution in [0.4, 0.5) is 0 Å². The fourth-order valence-electron chi connectivity index (χ4n) is 2.21. The molecule has 1 fully saturated rings. The van der Waals surface area contributed by atoms with E-state index >= 15 is 0 Å². The van der Waals surface area contributed by atoms with Gasteiger partial charge in [0, 0.05) is 11.7 Å². The maximum absolute atomic E-state index is 11.9. The molecule has 0 bridgehead atoms. The molecule has 4 nitrogen and oxygen atoms in total. The SMILES string of the molecule is Cc1n[nH]c(C)c1C(=O)NC1CCCC1. The lowest BCUT2D eigenvalue weighted by molar-refractivity contribution is 0.0936. The number of hydrogen-bond acceptors (Lipinski definition) is 2. The Kier molecular flexibility index (Phi) is 2.75. The van der Waals surface area contributed by atoms with Crippen LogP contribution in [-0.4, -0.2) is 22.1 Å². The number of carbonyl (C=O) groups is 1. The lowest BCUT2D eigenvalue weighted by Gasteiger charge is -2.11. The Balaban J connectivity index is 2.07. The summed E-state index contributed by atoms with van der Waals surface area (Å²) in [5.41, 5.74) is 2.34. The van der Waals surface area contributed by atoms with E-state index in [2.05, 4.69) is 15.5 Å². The Hall–Kier alpha value is -1.32. The van der Waals surface area contributed by atoms with Crippen molar-refractivity contribution in [3.8, 4) is 0 Å². The molecule has 0 aromatic carbocycles. The normalized spacial score (nSPS) is 16.9. The van der Waals surface area contributed by atoms with Crippen molar-refractivity contribution in [3.63, 3.8) is 0 Å². The number of carbonyl (C=O) groups excluding carboxylic acids is 1. The highest BCUT2D eigenvalue weighted by Crippen LogP contribution is 2.19. The zero-order valence-electron chi connectivity index (χ0n) is 9.26. The molecule has 82 valence electrons. The predicted molar refractivity (Wildman–Crippen MR) is 57.8 cm³/mol. The second kappa shape index (κ2) is 4.04. The van der Waals surface area contributed by atoms with Crippen LogP contribution < -0.4 is 5.32 Å². The highest BCUT2D eigenvalue weighted by Gasteiger charge is 2.21. The molecular weight excluding hydrogens is 190 g/mol. The molecule has 1 aliphatic rings. The van der Waals surface area contributed by atoms with Crippen LogP contribution in [-0.2, 0) is 0 Å². The van der Waals surface area contributed by atoms with Gasteiger partial charge < -0.3 is 5.32 Å². The molecule has 0 spiro atoms. The lowest BCUT2D eigenvalue weighted by atomic mass is 10.1. The molecule has 4 heteroatoms. The molecule has 1 saturated carbocycles. The Bertz CT molecular complexity index is 344. The molecule has 1 heterocycles. The number of nitrogens with one attached hydrogen (secondary N) is 2. The molecule has 0 unspecified atom stereocenters. The van der Waals surface area contributed by atoms with Crippen LogP contribution in [0, 0.1) is 13.8 Å². The summed E-state index contributed by atoms with van der Waals surface area (Å²) >= 11 is 0. The number of aryl methyl sites for hydroxylation is 2. The smallest absolute Gasteiger partial charge is 0.255 e. The second-order valence-corrected chi connectivity index (χ2v) is 4.26. The van der Waals surface area contributed by atoms with E-state index in [0.717, 1.165) is 24.2 Å². The summed E-state index contributed by atoms with van der Waals surface area (Å²) in [6.07, 6.45) is 4.69. The maximum Gasteiger partial charge on any atom is 0.255 e. The molecule has 2 rings (SSSR count). The molecular formula is C11H17N3O.